The Labute approximate surface area is 184 Å². The fourth-order valence-corrected chi connectivity index (χ4v) is 3.72. The Morgan fingerprint density at radius 3 is 2.35 bits per heavy atom. The monoisotopic (exact) mass is 459 g/mol. The molecule has 0 heterocycles. The van der Waals surface area contributed by atoms with Crippen molar-refractivity contribution in [1.82, 2.24) is 5.32 Å². The van der Waals surface area contributed by atoms with E-state index in [-0.39, 0.29) is 44.4 Å². The van der Waals surface area contributed by atoms with Crippen LogP contribution < -0.4 is 10.1 Å². The lowest BCUT2D eigenvalue weighted by Crippen LogP contribution is -2.43. The Bertz CT molecular complexity index is 805. The molecule has 10 heteroatoms. The van der Waals surface area contributed by atoms with Crippen molar-refractivity contribution in [2.45, 2.75) is 46.8 Å². The Balaban J connectivity index is 2.76. The van der Waals surface area contributed by atoms with Gasteiger partial charge in [0.2, 0.25) is 5.91 Å². The second-order valence-corrected chi connectivity index (χ2v) is 9.40. The van der Waals surface area contributed by atoms with E-state index in [2.05, 4.69) is 5.32 Å². The number of hydrogen-bond acceptors (Lipinski definition) is 8. The van der Waals surface area contributed by atoms with Crippen molar-refractivity contribution >= 4 is 22.0 Å². The standard InChI is InChI=1S/C21H33NO8S/c1-6-28-20(24)19(29-14-17-8-10-18(27-5)11-9-17)21(3,4)15-30-31(25,26)13-7-12-22-16(2)23/h8-11,19H,6-7,12-15H2,1-5H3,(H,22,23). The average molecular weight is 460 g/mol. The van der Waals surface area contributed by atoms with Crippen LogP contribution in [0.3, 0.4) is 0 Å². The number of esters is 1. The van der Waals surface area contributed by atoms with E-state index in [1.54, 1.807) is 40.0 Å². The van der Waals surface area contributed by atoms with Crippen LogP contribution in [0.25, 0.3) is 0 Å². The highest BCUT2D eigenvalue weighted by Gasteiger charge is 2.39. The van der Waals surface area contributed by atoms with Crippen LogP contribution in [0.2, 0.25) is 0 Å². The van der Waals surface area contributed by atoms with Crippen LogP contribution in [0.1, 0.15) is 39.7 Å². The minimum absolute atomic E-state index is 0.125. The van der Waals surface area contributed by atoms with Gasteiger partial charge in [0.1, 0.15) is 5.75 Å². The Morgan fingerprint density at radius 1 is 1.16 bits per heavy atom. The van der Waals surface area contributed by atoms with E-state index in [4.69, 9.17) is 18.4 Å². The van der Waals surface area contributed by atoms with E-state index in [0.717, 1.165) is 5.56 Å². The number of carbonyl (C=O) groups is 2. The average Bonchev–Trinajstić information content (AvgIpc) is 2.70. The first-order chi connectivity index (χ1) is 14.5. The fourth-order valence-electron chi connectivity index (χ4n) is 2.62. The highest BCUT2D eigenvalue weighted by atomic mass is 32.2. The normalized spacial score (nSPS) is 12.8. The first-order valence-corrected chi connectivity index (χ1v) is 11.6. The number of nitrogens with one attached hydrogen (secondary N) is 1. The smallest absolute Gasteiger partial charge is 0.335 e. The van der Waals surface area contributed by atoms with Gasteiger partial charge in [0.15, 0.2) is 6.10 Å². The number of rotatable bonds is 14. The molecule has 1 amide bonds. The summed E-state index contributed by atoms with van der Waals surface area (Å²) in [5.74, 6) is -0.373. The molecule has 0 spiro atoms. The SMILES string of the molecule is CCOC(=O)C(OCc1ccc(OC)cc1)C(C)(C)COS(=O)(=O)CCCNC(C)=O. The predicted molar refractivity (Wildman–Crippen MR) is 115 cm³/mol. The van der Waals surface area contributed by atoms with E-state index in [9.17, 15) is 18.0 Å². The second kappa shape index (κ2) is 12.6. The van der Waals surface area contributed by atoms with Gasteiger partial charge in [-0.3, -0.25) is 8.98 Å². The van der Waals surface area contributed by atoms with E-state index in [1.165, 1.54) is 6.92 Å². The van der Waals surface area contributed by atoms with Crippen molar-refractivity contribution < 1.29 is 36.4 Å². The van der Waals surface area contributed by atoms with Gasteiger partial charge >= 0.3 is 5.97 Å². The van der Waals surface area contributed by atoms with E-state index >= 15 is 0 Å². The van der Waals surface area contributed by atoms with Gasteiger partial charge in [-0.15, -0.1) is 0 Å². The van der Waals surface area contributed by atoms with Gasteiger partial charge in [-0.1, -0.05) is 26.0 Å². The number of ether oxygens (including phenoxy) is 3. The van der Waals surface area contributed by atoms with Crippen molar-refractivity contribution in [2.75, 3.05) is 32.6 Å². The molecule has 0 aliphatic heterocycles. The topological polar surface area (TPSA) is 117 Å². The molecule has 1 unspecified atom stereocenters. The molecule has 1 N–H and O–H groups in total. The van der Waals surface area contributed by atoms with E-state index in [0.29, 0.717) is 5.75 Å². The number of methoxy groups -OCH3 is 1. The lowest BCUT2D eigenvalue weighted by atomic mass is 9.87. The highest BCUT2D eigenvalue weighted by Crippen LogP contribution is 2.27. The third-order valence-corrected chi connectivity index (χ3v) is 5.61. The first-order valence-electron chi connectivity index (χ1n) is 10.0. The van der Waals surface area contributed by atoms with Gasteiger partial charge in [0.25, 0.3) is 10.1 Å². The van der Waals surface area contributed by atoms with Crippen LogP contribution in [0.5, 0.6) is 5.75 Å². The maximum atomic E-state index is 12.5. The zero-order valence-corrected chi connectivity index (χ0v) is 19.6. The molecule has 31 heavy (non-hydrogen) atoms. The van der Waals surface area contributed by atoms with Crippen LogP contribution in [-0.4, -0.2) is 59.0 Å². The summed E-state index contributed by atoms with van der Waals surface area (Å²) in [5, 5.41) is 2.53. The number of carbonyl (C=O) groups excluding carboxylic acids is 2. The zero-order chi connectivity index (χ0) is 23.5. The molecule has 1 rings (SSSR count). The molecule has 0 bridgehead atoms. The van der Waals surface area contributed by atoms with E-state index in [1.807, 2.05) is 12.1 Å². The van der Waals surface area contributed by atoms with E-state index < -0.39 is 27.6 Å². The summed E-state index contributed by atoms with van der Waals surface area (Å²) in [7, 11) is -2.26. The van der Waals surface area contributed by atoms with Gasteiger partial charge < -0.3 is 19.5 Å². The largest absolute Gasteiger partial charge is 0.497 e. The minimum Gasteiger partial charge on any atom is -0.497 e. The van der Waals surface area contributed by atoms with Crippen molar-refractivity contribution in [3.63, 3.8) is 0 Å². The molecular weight excluding hydrogens is 426 g/mol. The van der Waals surface area contributed by atoms with Gasteiger partial charge in [0.05, 0.1) is 32.7 Å². The molecule has 0 saturated heterocycles. The molecule has 0 aromatic heterocycles. The summed E-state index contributed by atoms with van der Waals surface area (Å²) in [6, 6.07) is 7.17. The van der Waals surface area contributed by atoms with Crippen molar-refractivity contribution in [1.29, 1.82) is 0 Å². The summed E-state index contributed by atoms with van der Waals surface area (Å²) in [6.45, 7) is 6.65. The van der Waals surface area contributed by atoms with Crippen LogP contribution in [0.4, 0.5) is 0 Å². The van der Waals surface area contributed by atoms with Gasteiger partial charge in [-0.25, -0.2) is 4.79 Å². The fraction of sp³-hybridized carbons (Fsp3) is 0.619. The zero-order valence-electron chi connectivity index (χ0n) is 18.8. The van der Waals surface area contributed by atoms with Gasteiger partial charge in [-0.05, 0) is 31.0 Å². The number of hydrogen-bond donors (Lipinski definition) is 1. The van der Waals surface area contributed by atoms with Gasteiger partial charge in [0, 0.05) is 18.9 Å². The highest BCUT2D eigenvalue weighted by molar-refractivity contribution is 7.86. The molecular formula is C21H33NO8S. The molecule has 0 aliphatic rings. The lowest BCUT2D eigenvalue weighted by Gasteiger charge is -2.32. The second-order valence-electron chi connectivity index (χ2n) is 7.64. The Kier molecular flexibility index (Phi) is 10.9. The van der Waals surface area contributed by atoms with Crippen LogP contribution >= 0.6 is 0 Å². The Morgan fingerprint density at radius 2 is 1.81 bits per heavy atom. The molecule has 1 aromatic carbocycles. The molecule has 1 atom stereocenters. The van der Waals surface area contributed by atoms with Crippen molar-refractivity contribution in [3.8, 4) is 5.75 Å². The summed E-state index contributed by atoms with van der Waals surface area (Å²) in [4.78, 5) is 23.4. The molecule has 0 fully saturated rings. The maximum absolute atomic E-state index is 12.5. The molecule has 0 saturated carbocycles. The lowest BCUT2D eigenvalue weighted by molar-refractivity contribution is -0.168. The van der Waals surface area contributed by atoms with Gasteiger partial charge in [-0.2, -0.15) is 8.42 Å². The third kappa shape index (κ3) is 10.1. The predicted octanol–water partition coefficient (Wildman–Crippen LogP) is 2.04. The number of amides is 1. The van der Waals surface area contributed by atoms with Crippen molar-refractivity contribution in [3.05, 3.63) is 29.8 Å². The van der Waals surface area contributed by atoms with Crippen LogP contribution in [0, 0.1) is 5.41 Å². The summed E-state index contributed by atoms with van der Waals surface area (Å²) < 4.78 is 45.6. The summed E-state index contributed by atoms with van der Waals surface area (Å²) in [6.07, 6.45) is -0.818. The summed E-state index contributed by atoms with van der Waals surface area (Å²) in [5.41, 5.74) is -0.166. The minimum atomic E-state index is -3.83. The molecule has 0 aliphatic carbocycles. The summed E-state index contributed by atoms with van der Waals surface area (Å²) >= 11 is 0. The third-order valence-electron chi connectivity index (χ3n) is 4.34. The van der Waals surface area contributed by atoms with Crippen LogP contribution in [-0.2, 0) is 40.0 Å². The Hall–Kier alpha value is -2.17. The van der Waals surface area contributed by atoms with Crippen LogP contribution in [0.15, 0.2) is 24.3 Å². The first kappa shape index (κ1) is 26.9. The molecule has 9 nitrogen and oxygen atoms in total. The quantitative estimate of drug-likeness (QED) is 0.255. The molecule has 176 valence electrons. The molecule has 1 aromatic rings. The van der Waals surface area contributed by atoms with Crippen molar-refractivity contribution in [2.24, 2.45) is 5.41 Å². The number of benzene rings is 1. The maximum Gasteiger partial charge on any atom is 0.335 e. The molecule has 0 radical (unpaired) electrons.